The van der Waals surface area contributed by atoms with E-state index in [-0.39, 0.29) is 0 Å². The van der Waals surface area contributed by atoms with Gasteiger partial charge in [0, 0.05) is 36.0 Å². The van der Waals surface area contributed by atoms with Crippen LogP contribution in [0.25, 0.3) is 10.9 Å². The summed E-state index contributed by atoms with van der Waals surface area (Å²) >= 11 is 0. The van der Waals surface area contributed by atoms with Gasteiger partial charge < -0.3 is 14.6 Å². The van der Waals surface area contributed by atoms with Gasteiger partial charge in [0.1, 0.15) is 6.54 Å². The molecule has 1 aliphatic rings. The molecule has 22 heavy (non-hydrogen) atoms. The first-order valence-corrected chi connectivity index (χ1v) is 7.44. The molecule has 1 saturated heterocycles. The fraction of sp³-hybridized carbons (Fsp3) is 0.500. The number of benzene rings is 1. The van der Waals surface area contributed by atoms with E-state index < -0.39 is 12.7 Å². The van der Waals surface area contributed by atoms with E-state index in [2.05, 4.69) is 5.32 Å². The molecule has 0 bridgehead atoms. The van der Waals surface area contributed by atoms with Crippen molar-refractivity contribution in [2.75, 3.05) is 18.5 Å². The molecule has 1 N–H and O–H groups in total. The number of hydrogen-bond acceptors (Lipinski definition) is 2. The Morgan fingerprint density at radius 3 is 2.68 bits per heavy atom. The van der Waals surface area contributed by atoms with Crippen LogP contribution in [0.5, 0.6) is 0 Å². The van der Waals surface area contributed by atoms with Crippen LogP contribution < -0.4 is 5.32 Å². The zero-order chi connectivity index (χ0) is 15.7. The number of aromatic nitrogens is 1. The van der Waals surface area contributed by atoms with Crippen molar-refractivity contribution in [3.05, 3.63) is 30.0 Å². The molecule has 6 heteroatoms. The molecular formula is C16H19F3N2O. The molecule has 3 nitrogen and oxygen atoms in total. The summed E-state index contributed by atoms with van der Waals surface area (Å²) in [6.07, 6.45) is -2.39. The molecule has 0 aliphatic carbocycles. The maximum Gasteiger partial charge on any atom is 0.406 e. The van der Waals surface area contributed by atoms with Gasteiger partial charge in [-0.25, -0.2) is 0 Å². The smallest absolute Gasteiger partial charge is 0.382 e. The van der Waals surface area contributed by atoms with Crippen molar-refractivity contribution in [1.29, 1.82) is 0 Å². The second-order valence-corrected chi connectivity index (χ2v) is 5.76. The standard InChI is InChI=1S/C16H19F3N2O/c1-11-9-13-14(20-12-5-7-22-8-6-12)3-2-4-15(13)21(11)10-16(17,18)19/h2-4,9,12,20H,5-8,10H2,1H3. The number of rotatable bonds is 3. The van der Waals surface area contributed by atoms with Crippen molar-refractivity contribution in [2.45, 2.75) is 38.5 Å². The Morgan fingerprint density at radius 2 is 2.00 bits per heavy atom. The molecule has 2 heterocycles. The molecule has 1 fully saturated rings. The summed E-state index contributed by atoms with van der Waals surface area (Å²) in [7, 11) is 0. The van der Waals surface area contributed by atoms with Crippen LogP contribution in [0.3, 0.4) is 0 Å². The Hall–Kier alpha value is -1.69. The van der Waals surface area contributed by atoms with Gasteiger partial charge in [0.25, 0.3) is 0 Å². The highest BCUT2D eigenvalue weighted by molar-refractivity contribution is 5.93. The summed E-state index contributed by atoms with van der Waals surface area (Å²) in [5, 5.41) is 4.30. The van der Waals surface area contributed by atoms with Gasteiger partial charge in [-0.15, -0.1) is 0 Å². The Kier molecular flexibility index (Phi) is 4.04. The number of nitrogens with zero attached hydrogens (tertiary/aromatic N) is 1. The molecular weight excluding hydrogens is 293 g/mol. The van der Waals surface area contributed by atoms with E-state index in [1.54, 1.807) is 19.1 Å². The van der Waals surface area contributed by atoms with E-state index in [1.807, 2.05) is 12.1 Å². The van der Waals surface area contributed by atoms with Crippen molar-refractivity contribution in [3.63, 3.8) is 0 Å². The number of aryl methyl sites for hydroxylation is 1. The molecule has 1 aliphatic heterocycles. The summed E-state index contributed by atoms with van der Waals surface area (Å²) in [6, 6.07) is 7.60. The Bertz CT molecular complexity index is 657. The molecule has 0 atom stereocenters. The zero-order valence-corrected chi connectivity index (χ0v) is 12.4. The van der Waals surface area contributed by atoms with Gasteiger partial charge in [-0.2, -0.15) is 13.2 Å². The van der Waals surface area contributed by atoms with Gasteiger partial charge in [0.2, 0.25) is 0 Å². The molecule has 3 rings (SSSR count). The third-order valence-electron chi connectivity index (χ3n) is 4.07. The second kappa shape index (κ2) is 5.83. The van der Waals surface area contributed by atoms with Crippen molar-refractivity contribution in [1.82, 2.24) is 4.57 Å². The van der Waals surface area contributed by atoms with Crippen LogP contribution >= 0.6 is 0 Å². The molecule has 0 amide bonds. The first-order chi connectivity index (χ1) is 10.4. The number of fused-ring (bicyclic) bond motifs is 1. The third-order valence-corrected chi connectivity index (χ3v) is 4.07. The van der Waals surface area contributed by atoms with Gasteiger partial charge in [0.15, 0.2) is 0 Å². The van der Waals surface area contributed by atoms with Crippen LogP contribution in [0.4, 0.5) is 18.9 Å². The predicted molar refractivity (Wildman–Crippen MR) is 80.2 cm³/mol. The monoisotopic (exact) mass is 312 g/mol. The summed E-state index contributed by atoms with van der Waals surface area (Å²) in [4.78, 5) is 0. The highest BCUT2D eigenvalue weighted by Gasteiger charge is 2.29. The largest absolute Gasteiger partial charge is 0.406 e. The van der Waals surface area contributed by atoms with Gasteiger partial charge in [-0.1, -0.05) is 6.07 Å². The molecule has 1 aromatic heterocycles. The lowest BCUT2D eigenvalue weighted by molar-refractivity contribution is -0.140. The number of nitrogens with one attached hydrogen (secondary N) is 1. The summed E-state index contributed by atoms with van der Waals surface area (Å²) < 4.78 is 44.9. The number of halogens is 3. The Morgan fingerprint density at radius 1 is 1.27 bits per heavy atom. The van der Waals surface area contributed by atoms with E-state index in [0.29, 0.717) is 17.3 Å². The van der Waals surface area contributed by atoms with Gasteiger partial charge in [-0.05, 0) is 38.0 Å². The number of alkyl halides is 3. The predicted octanol–water partition coefficient (Wildman–Crippen LogP) is 4.10. The lowest BCUT2D eigenvalue weighted by Crippen LogP contribution is -2.27. The number of hydrogen-bond donors (Lipinski definition) is 1. The van der Waals surface area contributed by atoms with E-state index in [1.165, 1.54) is 4.57 Å². The lowest BCUT2D eigenvalue weighted by Gasteiger charge is -2.24. The van der Waals surface area contributed by atoms with Crippen LogP contribution in [-0.4, -0.2) is 30.0 Å². The normalized spacial score (nSPS) is 17.1. The molecule has 0 radical (unpaired) electrons. The van der Waals surface area contributed by atoms with Crippen molar-refractivity contribution in [3.8, 4) is 0 Å². The van der Waals surface area contributed by atoms with Crippen LogP contribution in [0.15, 0.2) is 24.3 Å². The maximum absolute atomic E-state index is 12.7. The minimum Gasteiger partial charge on any atom is -0.382 e. The molecule has 0 spiro atoms. The van der Waals surface area contributed by atoms with Gasteiger partial charge in [0.05, 0.1) is 5.52 Å². The zero-order valence-electron chi connectivity index (χ0n) is 12.4. The topological polar surface area (TPSA) is 26.2 Å². The van der Waals surface area contributed by atoms with Crippen molar-refractivity contribution < 1.29 is 17.9 Å². The van der Waals surface area contributed by atoms with Crippen molar-refractivity contribution >= 4 is 16.6 Å². The van der Waals surface area contributed by atoms with Crippen LogP contribution in [0, 0.1) is 6.92 Å². The maximum atomic E-state index is 12.7. The lowest BCUT2D eigenvalue weighted by atomic mass is 10.1. The third kappa shape index (κ3) is 3.21. The fourth-order valence-corrected chi connectivity index (χ4v) is 2.99. The quantitative estimate of drug-likeness (QED) is 0.923. The summed E-state index contributed by atoms with van der Waals surface area (Å²) in [6.45, 7) is 2.20. The highest BCUT2D eigenvalue weighted by Crippen LogP contribution is 2.30. The van der Waals surface area contributed by atoms with Crippen LogP contribution in [0.2, 0.25) is 0 Å². The van der Waals surface area contributed by atoms with Gasteiger partial charge >= 0.3 is 6.18 Å². The minimum absolute atomic E-state index is 0.311. The van der Waals surface area contributed by atoms with Crippen LogP contribution in [0.1, 0.15) is 18.5 Å². The van der Waals surface area contributed by atoms with E-state index >= 15 is 0 Å². The Balaban J connectivity index is 1.93. The average molecular weight is 312 g/mol. The molecule has 2 aromatic rings. The van der Waals surface area contributed by atoms with Crippen molar-refractivity contribution in [2.24, 2.45) is 0 Å². The van der Waals surface area contributed by atoms with E-state index in [0.717, 1.165) is 37.1 Å². The molecule has 120 valence electrons. The molecule has 1 aromatic carbocycles. The Labute approximate surface area is 127 Å². The second-order valence-electron chi connectivity index (χ2n) is 5.76. The van der Waals surface area contributed by atoms with E-state index in [9.17, 15) is 13.2 Å². The fourth-order valence-electron chi connectivity index (χ4n) is 2.99. The highest BCUT2D eigenvalue weighted by atomic mass is 19.4. The minimum atomic E-state index is -4.22. The first-order valence-electron chi connectivity index (χ1n) is 7.44. The summed E-state index contributed by atoms with van der Waals surface area (Å²) in [5.74, 6) is 0. The van der Waals surface area contributed by atoms with Gasteiger partial charge in [-0.3, -0.25) is 0 Å². The number of ether oxygens (including phenoxy) is 1. The van der Waals surface area contributed by atoms with E-state index in [4.69, 9.17) is 4.74 Å². The molecule has 0 unspecified atom stereocenters. The van der Waals surface area contributed by atoms with Crippen LogP contribution in [-0.2, 0) is 11.3 Å². The summed E-state index contributed by atoms with van der Waals surface area (Å²) in [5.41, 5.74) is 2.13. The average Bonchev–Trinajstić information content (AvgIpc) is 2.76. The molecule has 0 saturated carbocycles. The number of anilines is 1. The first kappa shape index (κ1) is 15.2. The SMILES string of the molecule is Cc1cc2c(NC3CCOCC3)cccc2n1CC(F)(F)F.